The van der Waals surface area contributed by atoms with Crippen molar-refractivity contribution in [3.63, 3.8) is 0 Å². The lowest BCUT2D eigenvalue weighted by Crippen LogP contribution is -2.40. The number of rotatable bonds is 10. The number of carbonyl (C=O) groups is 3. The molecule has 0 radical (unpaired) electrons. The van der Waals surface area contributed by atoms with Gasteiger partial charge in [-0.1, -0.05) is 11.6 Å². The molecule has 14 heteroatoms. The highest BCUT2D eigenvalue weighted by molar-refractivity contribution is 7.89. The summed E-state index contributed by atoms with van der Waals surface area (Å²) in [6, 6.07) is 6.76. The smallest absolute Gasteiger partial charge is 0.307 e. The van der Waals surface area contributed by atoms with Crippen molar-refractivity contribution in [2.24, 2.45) is 0 Å². The second-order valence-corrected chi connectivity index (χ2v) is 8.93. The number of ether oxygens (including phenoxy) is 1. The Bertz CT molecular complexity index is 1180. The number of halogens is 4. The van der Waals surface area contributed by atoms with Gasteiger partial charge in [-0.25, -0.2) is 26.3 Å². The zero-order valence-electron chi connectivity index (χ0n) is 17.5. The molecule has 3 N–H and O–H groups in total. The number of sulfonamides is 1. The standard InChI is InChI=1S/C20H19ClF3N3O6S/c1-11(20(30)25-10-16(28)27-15-7-6-14(22)18(23)19(15)24)33-17(29)8-9-26-34(31,32)13-4-2-12(21)3-5-13/h2-7,11,26H,8-10H2,1H3,(H,25,30)(H,27,28)/t11-/m0/s1. The van der Waals surface area contributed by atoms with Crippen molar-refractivity contribution < 1.29 is 40.7 Å². The Morgan fingerprint density at radius 1 is 1.03 bits per heavy atom. The van der Waals surface area contributed by atoms with Gasteiger partial charge in [0, 0.05) is 11.6 Å². The van der Waals surface area contributed by atoms with Crippen LogP contribution in [0.5, 0.6) is 0 Å². The number of anilines is 1. The number of hydrogen-bond donors (Lipinski definition) is 3. The van der Waals surface area contributed by atoms with E-state index in [2.05, 4.69) is 10.0 Å². The van der Waals surface area contributed by atoms with E-state index in [1.807, 2.05) is 5.32 Å². The van der Waals surface area contributed by atoms with E-state index in [4.69, 9.17) is 16.3 Å². The first kappa shape index (κ1) is 27.1. The van der Waals surface area contributed by atoms with Crippen LogP contribution < -0.4 is 15.4 Å². The van der Waals surface area contributed by atoms with E-state index in [-0.39, 0.29) is 17.9 Å². The van der Waals surface area contributed by atoms with Gasteiger partial charge in [-0.15, -0.1) is 0 Å². The molecule has 0 heterocycles. The summed E-state index contributed by atoms with van der Waals surface area (Å²) >= 11 is 5.70. The molecule has 0 aliphatic heterocycles. The number of carbonyl (C=O) groups excluding carboxylic acids is 3. The minimum absolute atomic E-state index is 0.0560. The monoisotopic (exact) mass is 521 g/mol. The maximum atomic E-state index is 13.6. The first-order valence-corrected chi connectivity index (χ1v) is 11.4. The first-order valence-electron chi connectivity index (χ1n) is 9.56. The summed E-state index contributed by atoms with van der Waals surface area (Å²) < 4.78 is 70.9. The second kappa shape index (κ2) is 11.8. The molecule has 2 rings (SSSR count). The van der Waals surface area contributed by atoms with Crippen molar-refractivity contribution in [1.82, 2.24) is 10.0 Å². The van der Waals surface area contributed by atoms with Gasteiger partial charge in [0.15, 0.2) is 23.6 Å². The fraction of sp³-hybridized carbons (Fsp3) is 0.250. The molecule has 0 fully saturated rings. The lowest BCUT2D eigenvalue weighted by atomic mass is 10.2. The molecule has 0 saturated heterocycles. The predicted molar refractivity (Wildman–Crippen MR) is 115 cm³/mol. The maximum Gasteiger partial charge on any atom is 0.307 e. The third-order valence-electron chi connectivity index (χ3n) is 4.16. The average molecular weight is 522 g/mol. The molecule has 0 aliphatic rings. The maximum absolute atomic E-state index is 13.6. The highest BCUT2D eigenvalue weighted by Gasteiger charge is 2.20. The van der Waals surface area contributed by atoms with Gasteiger partial charge < -0.3 is 15.4 Å². The SMILES string of the molecule is C[C@H](OC(=O)CCNS(=O)(=O)c1ccc(Cl)cc1)C(=O)NCC(=O)Nc1ccc(F)c(F)c1F. The molecule has 34 heavy (non-hydrogen) atoms. The van der Waals surface area contributed by atoms with Gasteiger partial charge in [0.1, 0.15) is 0 Å². The van der Waals surface area contributed by atoms with Gasteiger partial charge in [-0.2, -0.15) is 0 Å². The van der Waals surface area contributed by atoms with Gasteiger partial charge in [-0.05, 0) is 43.3 Å². The molecule has 2 amide bonds. The Balaban J connectivity index is 1.75. The van der Waals surface area contributed by atoms with Crippen LogP contribution in [0, 0.1) is 17.5 Å². The van der Waals surface area contributed by atoms with Crippen LogP contribution in [0.3, 0.4) is 0 Å². The number of amides is 2. The van der Waals surface area contributed by atoms with Crippen molar-refractivity contribution in [1.29, 1.82) is 0 Å². The summed E-state index contributed by atoms with van der Waals surface area (Å²) in [7, 11) is -3.88. The Kier molecular flexibility index (Phi) is 9.41. The summed E-state index contributed by atoms with van der Waals surface area (Å²) in [4.78, 5) is 35.6. The van der Waals surface area contributed by atoms with Gasteiger partial charge in [-0.3, -0.25) is 14.4 Å². The zero-order valence-corrected chi connectivity index (χ0v) is 19.1. The lowest BCUT2D eigenvalue weighted by Gasteiger charge is -2.14. The van der Waals surface area contributed by atoms with Crippen LogP contribution in [0.4, 0.5) is 18.9 Å². The summed E-state index contributed by atoms with van der Waals surface area (Å²) in [6.45, 7) is 0.221. The van der Waals surface area contributed by atoms with Crippen molar-refractivity contribution in [2.45, 2.75) is 24.3 Å². The molecule has 0 aromatic heterocycles. The highest BCUT2D eigenvalue weighted by Crippen LogP contribution is 2.19. The molecule has 0 unspecified atom stereocenters. The van der Waals surface area contributed by atoms with Crippen LogP contribution in [0.15, 0.2) is 41.3 Å². The first-order chi connectivity index (χ1) is 15.9. The molecular weight excluding hydrogens is 503 g/mol. The molecular formula is C20H19ClF3N3O6S. The largest absolute Gasteiger partial charge is 0.453 e. The second-order valence-electron chi connectivity index (χ2n) is 6.72. The molecule has 0 saturated carbocycles. The Morgan fingerprint density at radius 3 is 2.32 bits per heavy atom. The topological polar surface area (TPSA) is 131 Å². The fourth-order valence-electron chi connectivity index (χ4n) is 2.42. The zero-order chi connectivity index (χ0) is 25.5. The fourth-order valence-corrected chi connectivity index (χ4v) is 3.58. The highest BCUT2D eigenvalue weighted by atomic mass is 35.5. The van der Waals surface area contributed by atoms with Crippen LogP contribution in [0.1, 0.15) is 13.3 Å². The van der Waals surface area contributed by atoms with Crippen LogP contribution in [0.25, 0.3) is 0 Å². The van der Waals surface area contributed by atoms with Gasteiger partial charge >= 0.3 is 5.97 Å². The molecule has 0 aliphatic carbocycles. The number of benzene rings is 2. The molecule has 9 nitrogen and oxygen atoms in total. The van der Waals surface area contributed by atoms with Gasteiger partial charge in [0.05, 0.1) is 23.5 Å². The van der Waals surface area contributed by atoms with E-state index in [1.54, 1.807) is 0 Å². The van der Waals surface area contributed by atoms with Gasteiger partial charge in [0.2, 0.25) is 15.9 Å². The normalized spacial score (nSPS) is 12.0. The Morgan fingerprint density at radius 2 is 1.68 bits per heavy atom. The Hall–Kier alpha value is -3.16. The lowest BCUT2D eigenvalue weighted by molar-refractivity contribution is -0.154. The van der Waals surface area contributed by atoms with Crippen LogP contribution >= 0.6 is 11.6 Å². The third-order valence-corrected chi connectivity index (χ3v) is 5.88. The molecule has 0 bridgehead atoms. The summed E-state index contributed by atoms with van der Waals surface area (Å²) in [5.41, 5.74) is -0.626. The predicted octanol–water partition coefficient (Wildman–Crippen LogP) is 2.11. The quantitative estimate of drug-likeness (QED) is 0.324. The van der Waals surface area contributed by atoms with Crippen molar-refractivity contribution in [3.05, 3.63) is 58.9 Å². The minimum Gasteiger partial charge on any atom is -0.453 e. The van der Waals surface area contributed by atoms with E-state index < -0.39 is 63.6 Å². The number of nitrogens with one attached hydrogen (secondary N) is 3. The van der Waals surface area contributed by atoms with E-state index in [1.165, 1.54) is 31.2 Å². The third kappa shape index (κ3) is 7.71. The van der Waals surface area contributed by atoms with E-state index in [0.717, 1.165) is 6.07 Å². The molecule has 2 aromatic carbocycles. The van der Waals surface area contributed by atoms with Gasteiger partial charge in [0.25, 0.3) is 5.91 Å². The van der Waals surface area contributed by atoms with Crippen molar-refractivity contribution in [3.8, 4) is 0 Å². The molecule has 1 atom stereocenters. The summed E-state index contributed by atoms with van der Waals surface area (Å²) in [5.74, 6) is -7.53. The molecule has 2 aromatic rings. The van der Waals surface area contributed by atoms with E-state index in [0.29, 0.717) is 11.1 Å². The van der Waals surface area contributed by atoms with Crippen molar-refractivity contribution in [2.75, 3.05) is 18.4 Å². The Labute approximate surface area is 197 Å². The van der Waals surface area contributed by atoms with Crippen molar-refractivity contribution >= 4 is 45.1 Å². The summed E-state index contributed by atoms with van der Waals surface area (Å²) in [6.07, 6.45) is -1.73. The minimum atomic E-state index is -3.88. The molecule has 0 spiro atoms. The number of hydrogen-bond acceptors (Lipinski definition) is 6. The van der Waals surface area contributed by atoms with Crippen LogP contribution in [-0.4, -0.2) is 45.4 Å². The van der Waals surface area contributed by atoms with E-state index >= 15 is 0 Å². The molecule has 184 valence electrons. The average Bonchev–Trinajstić information content (AvgIpc) is 2.78. The summed E-state index contributed by atoms with van der Waals surface area (Å²) in [5, 5.41) is 4.43. The number of esters is 1. The van der Waals surface area contributed by atoms with Crippen LogP contribution in [0.2, 0.25) is 5.02 Å². The van der Waals surface area contributed by atoms with E-state index in [9.17, 15) is 36.0 Å². The van der Waals surface area contributed by atoms with Crippen LogP contribution in [-0.2, 0) is 29.1 Å².